The van der Waals surface area contributed by atoms with E-state index >= 15 is 0 Å². The number of amides is 1. The Morgan fingerprint density at radius 2 is 2.23 bits per heavy atom. The number of likely N-dealkylation sites (tertiary alicyclic amines) is 1. The van der Waals surface area contributed by atoms with Crippen LogP contribution in [0, 0.1) is 11.8 Å². The van der Waals surface area contributed by atoms with E-state index in [1.807, 2.05) is 44.0 Å². The van der Waals surface area contributed by atoms with Crippen molar-refractivity contribution in [3.8, 4) is 0 Å². The maximum absolute atomic E-state index is 12.3. The van der Waals surface area contributed by atoms with Crippen molar-refractivity contribution in [2.24, 2.45) is 17.6 Å². The SMILES string of the molecule is CC(C)(C)OC(=O)N1CCC2C(C1)C2(CN)c1ccccn1. The van der Waals surface area contributed by atoms with Crippen molar-refractivity contribution in [1.82, 2.24) is 9.88 Å². The van der Waals surface area contributed by atoms with Gasteiger partial charge in [-0.15, -0.1) is 0 Å². The molecule has 1 amide bonds. The molecule has 2 fully saturated rings. The predicted octanol–water partition coefficient (Wildman–Crippen LogP) is 2.16. The number of hydrogen-bond donors (Lipinski definition) is 1. The highest BCUT2D eigenvalue weighted by Crippen LogP contribution is 2.62. The van der Waals surface area contributed by atoms with Crippen molar-refractivity contribution in [2.75, 3.05) is 19.6 Å². The second-order valence-corrected chi connectivity index (χ2v) is 7.39. The van der Waals surface area contributed by atoms with Crippen molar-refractivity contribution in [3.63, 3.8) is 0 Å². The first-order valence-corrected chi connectivity index (χ1v) is 7.98. The lowest BCUT2D eigenvalue weighted by Crippen LogP contribution is -2.41. The third-order valence-corrected chi connectivity index (χ3v) is 4.96. The first kappa shape index (κ1) is 15.3. The van der Waals surface area contributed by atoms with Gasteiger partial charge in [-0.25, -0.2) is 4.79 Å². The van der Waals surface area contributed by atoms with Gasteiger partial charge in [-0.05, 0) is 51.2 Å². The Hall–Kier alpha value is -1.62. The number of rotatable bonds is 2. The number of pyridine rings is 1. The fourth-order valence-corrected chi connectivity index (χ4v) is 3.89. The minimum absolute atomic E-state index is 0.0575. The zero-order valence-corrected chi connectivity index (χ0v) is 13.6. The molecule has 2 heterocycles. The van der Waals surface area contributed by atoms with Crippen molar-refractivity contribution in [2.45, 2.75) is 38.2 Å². The highest BCUT2D eigenvalue weighted by Gasteiger charge is 2.66. The van der Waals surface area contributed by atoms with Gasteiger partial charge >= 0.3 is 6.09 Å². The summed E-state index contributed by atoms with van der Waals surface area (Å²) in [5, 5.41) is 0. The molecule has 1 aromatic heterocycles. The van der Waals surface area contributed by atoms with Crippen LogP contribution in [0.25, 0.3) is 0 Å². The topological polar surface area (TPSA) is 68.5 Å². The molecule has 0 spiro atoms. The monoisotopic (exact) mass is 303 g/mol. The van der Waals surface area contributed by atoms with E-state index in [1.165, 1.54) is 0 Å². The Kier molecular flexibility index (Phi) is 3.63. The molecule has 3 rings (SSSR count). The number of carbonyl (C=O) groups is 1. The Morgan fingerprint density at radius 3 is 2.82 bits per heavy atom. The summed E-state index contributed by atoms with van der Waals surface area (Å²) in [4.78, 5) is 18.6. The van der Waals surface area contributed by atoms with Crippen LogP contribution in [0.1, 0.15) is 32.9 Å². The van der Waals surface area contributed by atoms with E-state index < -0.39 is 5.60 Å². The van der Waals surface area contributed by atoms with Gasteiger partial charge in [0.05, 0.1) is 0 Å². The summed E-state index contributed by atoms with van der Waals surface area (Å²) in [6, 6.07) is 5.99. The van der Waals surface area contributed by atoms with E-state index in [-0.39, 0.29) is 11.5 Å². The molecule has 3 unspecified atom stereocenters. The Balaban J connectivity index is 1.73. The van der Waals surface area contributed by atoms with Gasteiger partial charge < -0.3 is 15.4 Å². The van der Waals surface area contributed by atoms with Crippen molar-refractivity contribution in [1.29, 1.82) is 0 Å². The highest BCUT2D eigenvalue weighted by atomic mass is 16.6. The van der Waals surface area contributed by atoms with Crippen LogP contribution in [-0.4, -0.2) is 41.2 Å². The van der Waals surface area contributed by atoms with Gasteiger partial charge in [-0.2, -0.15) is 0 Å². The van der Waals surface area contributed by atoms with E-state index in [2.05, 4.69) is 11.1 Å². The van der Waals surface area contributed by atoms with Gasteiger partial charge in [0, 0.05) is 36.9 Å². The lowest BCUT2D eigenvalue weighted by atomic mass is 9.96. The van der Waals surface area contributed by atoms with Gasteiger partial charge in [0.25, 0.3) is 0 Å². The summed E-state index contributed by atoms with van der Waals surface area (Å²) >= 11 is 0. The molecule has 5 nitrogen and oxygen atoms in total. The molecule has 120 valence electrons. The van der Waals surface area contributed by atoms with Crippen molar-refractivity contribution in [3.05, 3.63) is 30.1 Å². The quantitative estimate of drug-likeness (QED) is 0.909. The number of carbonyl (C=O) groups excluding carboxylic acids is 1. The number of nitrogens with two attached hydrogens (primary N) is 1. The average molecular weight is 303 g/mol. The maximum Gasteiger partial charge on any atom is 0.410 e. The van der Waals surface area contributed by atoms with Crippen LogP contribution < -0.4 is 5.73 Å². The fourth-order valence-electron chi connectivity index (χ4n) is 3.89. The van der Waals surface area contributed by atoms with Gasteiger partial charge in [0.1, 0.15) is 5.60 Å². The minimum Gasteiger partial charge on any atom is -0.444 e. The van der Waals surface area contributed by atoms with Crippen LogP contribution in [0.4, 0.5) is 4.79 Å². The first-order valence-electron chi connectivity index (χ1n) is 7.98. The lowest BCUT2D eigenvalue weighted by molar-refractivity contribution is 0.0206. The standard InChI is InChI=1S/C17H25N3O2/c1-16(2,3)22-15(21)20-9-7-12-13(10-20)17(12,11-18)14-6-4-5-8-19-14/h4-6,8,12-13H,7,9-11,18H2,1-3H3. The molecule has 1 aromatic rings. The van der Waals surface area contributed by atoms with Gasteiger partial charge in [-0.3, -0.25) is 4.98 Å². The second kappa shape index (κ2) is 5.23. The fraction of sp³-hybridized carbons (Fsp3) is 0.647. The van der Waals surface area contributed by atoms with Gasteiger partial charge in [-0.1, -0.05) is 6.07 Å². The van der Waals surface area contributed by atoms with E-state index in [4.69, 9.17) is 10.5 Å². The molecule has 5 heteroatoms. The van der Waals surface area contributed by atoms with E-state index in [0.717, 1.165) is 18.7 Å². The summed E-state index contributed by atoms with van der Waals surface area (Å²) in [6.07, 6.45) is 2.57. The number of ether oxygens (including phenoxy) is 1. The summed E-state index contributed by atoms with van der Waals surface area (Å²) < 4.78 is 5.49. The Bertz CT molecular complexity index is 555. The summed E-state index contributed by atoms with van der Waals surface area (Å²) in [5.74, 6) is 0.930. The van der Waals surface area contributed by atoms with Gasteiger partial charge in [0.2, 0.25) is 0 Å². The van der Waals surface area contributed by atoms with Crippen molar-refractivity contribution >= 4 is 6.09 Å². The third kappa shape index (κ3) is 2.47. The Morgan fingerprint density at radius 1 is 1.45 bits per heavy atom. The normalized spacial score (nSPS) is 30.6. The van der Waals surface area contributed by atoms with Gasteiger partial charge in [0.15, 0.2) is 0 Å². The largest absolute Gasteiger partial charge is 0.444 e. The molecular weight excluding hydrogens is 278 g/mol. The molecule has 22 heavy (non-hydrogen) atoms. The molecular formula is C17H25N3O2. The average Bonchev–Trinajstić information content (AvgIpc) is 3.14. The molecule has 1 aliphatic heterocycles. The van der Waals surface area contributed by atoms with Crippen LogP contribution in [0.5, 0.6) is 0 Å². The summed E-state index contributed by atoms with van der Waals surface area (Å²) in [6.45, 7) is 7.73. The number of aromatic nitrogens is 1. The maximum atomic E-state index is 12.3. The van der Waals surface area contributed by atoms with Crippen LogP contribution in [0.15, 0.2) is 24.4 Å². The van der Waals surface area contributed by atoms with E-state index in [0.29, 0.717) is 24.9 Å². The summed E-state index contributed by atoms with van der Waals surface area (Å²) in [7, 11) is 0. The predicted molar refractivity (Wildman–Crippen MR) is 84.4 cm³/mol. The molecule has 0 bridgehead atoms. The molecule has 1 aliphatic carbocycles. The molecule has 2 aliphatic rings. The van der Waals surface area contributed by atoms with Crippen LogP contribution in [0.3, 0.4) is 0 Å². The Labute approximate surface area is 131 Å². The minimum atomic E-state index is -0.455. The number of hydrogen-bond acceptors (Lipinski definition) is 4. The lowest BCUT2D eigenvalue weighted by Gasteiger charge is -2.29. The first-order chi connectivity index (χ1) is 10.4. The smallest absolute Gasteiger partial charge is 0.410 e. The number of fused-ring (bicyclic) bond motifs is 1. The molecule has 1 saturated heterocycles. The molecule has 0 radical (unpaired) electrons. The number of nitrogens with zero attached hydrogens (tertiary/aromatic N) is 2. The van der Waals surface area contributed by atoms with Crippen molar-refractivity contribution < 1.29 is 9.53 Å². The molecule has 1 saturated carbocycles. The number of piperidine rings is 1. The molecule has 3 atom stereocenters. The molecule has 2 N–H and O–H groups in total. The third-order valence-electron chi connectivity index (χ3n) is 4.96. The highest BCUT2D eigenvalue weighted by molar-refractivity contribution is 5.68. The summed E-state index contributed by atoms with van der Waals surface area (Å²) in [5.41, 5.74) is 6.66. The second-order valence-electron chi connectivity index (χ2n) is 7.39. The van der Waals surface area contributed by atoms with E-state index in [9.17, 15) is 4.79 Å². The van der Waals surface area contributed by atoms with Crippen LogP contribution >= 0.6 is 0 Å². The van der Waals surface area contributed by atoms with E-state index in [1.54, 1.807) is 0 Å². The molecule has 0 aromatic carbocycles. The van der Waals surface area contributed by atoms with Crippen LogP contribution in [0.2, 0.25) is 0 Å². The zero-order chi connectivity index (χ0) is 16.0. The zero-order valence-electron chi connectivity index (χ0n) is 13.6. The van der Waals surface area contributed by atoms with Crippen LogP contribution in [-0.2, 0) is 10.2 Å².